The molecule has 0 amide bonds. The zero-order valence-corrected chi connectivity index (χ0v) is 11.3. The van der Waals surface area contributed by atoms with Crippen LogP contribution < -0.4 is 5.32 Å². The summed E-state index contributed by atoms with van der Waals surface area (Å²) in [5.74, 6) is 1.66. The third-order valence-corrected chi connectivity index (χ3v) is 4.56. The van der Waals surface area contributed by atoms with Crippen LogP contribution in [0.15, 0.2) is 0 Å². The number of aromatic nitrogens is 1. The number of hydrogen-bond donors (Lipinski definition) is 1. The van der Waals surface area contributed by atoms with E-state index in [4.69, 9.17) is 5.26 Å². The van der Waals surface area contributed by atoms with Gasteiger partial charge in [0.15, 0.2) is 0 Å². The van der Waals surface area contributed by atoms with Gasteiger partial charge in [0.1, 0.15) is 16.6 Å². The Bertz CT molecular complexity index is 411. The van der Waals surface area contributed by atoms with E-state index in [1.807, 2.05) is 6.92 Å². The molecule has 1 N–H and O–H groups in total. The van der Waals surface area contributed by atoms with Crippen molar-refractivity contribution in [2.24, 2.45) is 11.8 Å². The van der Waals surface area contributed by atoms with Crippen LogP contribution in [0.5, 0.6) is 0 Å². The Morgan fingerprint density at radius 2 is 2.12 bits per heavy atom. The first-order valence-electron chi connectivity index (χ1n) is 6.31. The van der Waals surface area contributed by atoms with Gasteiger partial charge in [0, 0.05) is 6.54 Å². The number of rotatable bonds is 3. The van der Waals surface area contributed by atoms with E-state index in [1.165, 1.54) is 37.2 Å². The van der Waals surface area contributed by atoms with Gasteiger partial charge in [0.05, 0.1) is 5.69 Å². The summed E-state index contributed by atoms with van der Waals surface area (Å²) in [6.07, 6.45) is 5.32. The lowest BCUT2D eigenvalue weighted by Gasteiger charge is -2.26. The number of nitrogens with zero attached hydrogens (tertiary/aromatic N) is 2. The molecule has 0 aromatic carbocycles. The minimum Gasteiger partial charge on any atom is -0.374 e. The second-order valence-corrected chi connectivity index (χ2v) is 5.86. The van der Waals surface area contributed by atoms with Crippen LogP contribution in [0.3, 0.4) is 0 Å². The van der Waals surface area contributed by atoms with E-state index in [2.05, 4.69) is 22.7 Å². The molecule has 1 heterocycles. The lowest BCUT2D eigenvalue weighted by molar-refractivity contribution is 0.300. The zero-order valence-electron chi connectivity index (χ0n) is 10.5. The Morgan fingerprint density at radius 1 is 1.41 bits per heavy atom. The molecule has 2 rings (SSSR count). The highest BCUT2D eigenvalue weighted by Crippen LogP contribution is 2.30. The van der Waals surface area contributed by atoms with Crippen molar-refractivity contribution in [2.45, 2.75) is 39.5 Å². The number of hydrogen-bond acceptors (Lipinski definition) is 4. The molecular weight excluding hydrogens is 230 g/mol. The Morgan fingerprint density at radius 3 is 2.76 bits per heavy atom. The minimum atomic E-state index is 0.721. The van der Waals surface area contributed by atoms with E-state index in [1.54, 1.807) is 0 Å². The lowest BCUT2D eigenvalue weighted by atomic mass is 9.83. The van der Waals surface area contributed by atoms with Gasteiger partial charge in [-0.25, -0.2) is 0 Å². The molecule has 0 bridgehead atoms. The van der Waals surface area contributed by atoms with Gasteiger partial charge in [0.25, 0.3) is 0 Å². The molecule has 0 radical (unpaired) electrons. The average Bonchev–Trinajstić information content (AvgIpc) is 2.69. The summed E-state index contributed by atoms with van der Waals surface area (Å²) in [5, 5.41) is 13.4. The van der Waals surface area contributed by atoms with Gasteiger partial charge in [-0.2, -0.15) is 9.64 Å². The molecule has 1 aliphatic rings. The van der Waals surface area contributed by atoms with E-state index in [0.717, 1.165) is 34.6 Å². The molecule has 1 aromatic heterocycles. The fourth-order valence-electron chi connectivity index (χ4n) is 2.39. The van der Waals surface area contributed by atoms with Crippen LogP contribution in [-0.2, 0) is 0 Å². The first-order chi connectivity index (χ1) is 8.20. The molecule has 3 nitrogen and oxygen atoms in total. The first kappa shape index (κ1) is 12.4. The summed E-state index contributed by atoms with van der Waals surface area (Å²) in [6, 6.07) is 2.22. The third-order valence-electron chi connectivity index (χ3n) is 3.66. The molecule has 0 unspecified atom stereocenters. The number of anilines is 1. The van der Waals surface area contributed by atoms with E-state index < -0.39 is 0 Å². The highest BCUT2D eigenvalue weighted by Gasteiger charge is 2.19. The van der Waals surface area contributed by atoms with Crippen LogP contribution in [0.25, 0.3) is 0 Å². The Kier molecular flexibility index (Phi) is 4.01. The largest absolute Gasteiger partial charge is 0.374 e. The number of aryl methyl sites for hydroxylation is 1. The molecular formula is C13H19N3S. The van der Waals surface area contributed by atoms with Crippen LogP contribution >= 0.6 is 11.5 Å². The number of nitrogens with one attached hydrogen (secondary N) is 1. The van der Waals surface area contributed by atoms with Gasteiger partial charge >= 0.3 is 0 Å². The van der Waals surface area contributed by atoms with Crippen molar-refractivity contribution in [3.63, 3.8) is 0 Å². The predicted molar refractivity (Wildman–Crippen MR) is 71.2 cm³/mol. The zero-order chi connectivity index (χ0) is 12.3. The van der Waals surface area contributed by atoms with Gasteiger partial charge in [-0.05, 0) is 43.1 Å². The summed E-state index contributed by atoms with van der Waals surface area (Å²) in [7, 11) is 0. The van der Waals surface area contributed by atoms with Gasteiger partial charge in [-0.15, -0.1) is 0 Å². The van der Waals surface area contributed by atoms with Crippen molar-refractivity contribution >= 4 is 16.5 Å². The van der Waals surface area contributed by atoms with E-state index in [-0.39, 0.29) is 0 Å². The Labute approximate surface area is 107 Å². The van der Waals surface area contributed by atoms with Crippen LogP contribution in [0.4, 0.5) is 5.00 Å². The van der Waals surface area contributed by atoms with Gasteiger partial charge in [-0.3, -0.25) is 0 Å². The van der Waals surface area contributed by atoms with Crippen LogP contribution in [0.2, 0.25) is 0 Å². The average molecular weight is 249 g/mol. The smallest absolute Gasteiger partial charge is 0.127 e. The van der Waals surface area contributed by atoms with Gasteiger partial charge < -0.3 is 5.32 Å². The van der Waals surface area contributed by atoms with Gasteiger partial charge in [0.2, 0.25) is 0 Å². The molecule has 1 aliphatic carbocycles. The normalized spacial score (nSPS) is 24.3. The summed E-state index contributed by atoms with van der Waals surface area (Å²) in [4.78, 5) is 0. The standard InChI is InChI=1S/C13H19N3S/c1-9-3-5-11(6-4-9)8-15-13-12(7-14)10(2)16-17-13/h9,11,15H,3-6,8H2,1-2H3. The molecule has 1 saturated carbocycles. The Hall–Kier alpha value is -1.08. The molecule has 0 spiro atoms. The van der Waals surface area contributed by atoms with Crippen LogP contribution in [0.1, 0.15) is 43.9 Å². The molecule has 4 heteroatoms. The molecule has 1 aromatic rings. The van der Waals surface area contributed by atoms with Crippen molar-refractivity contribution in [2.75, 3.05) is 11.9 Å². The SMILES string of the molecule is Cc1nsc(NCC2CCC(C)CC2)c1C#N. The summed E-state index contributed by atoms with van der Waals surface area (Å²) < 4.78 is 4.22. The molecule has 17 heavy (non-hydrogen) atoms. The van der Waals surface area contributed by atoms with Crippen LogP contribution in [0, 0.1) is 30.1 Å². The van der Waals surface area contributed by atoms with Crippen molar-refractivity contribution in [1.29, 1.82) is 5.26 Å². The van der Waals surface area contributed by atoms with Crippen molar-refractivity contribution in [1.82, 2.24) is 4.37 Å². The summed E-state index contributed by atoms with van der Waals surface area (Å²) in [5.41, 5.74) is 1.57. The van der Waals surface area contributed by atoms with Crippen molar-refractivity contribution in [3.8, 4) is 6.07 Å². The molecule has 0 atom stereocenters. The highest BCUT2D eigenvalue weighted by atomic mass is 32.1. The first-order valence-corrected chi connectivity index (χ1v) is 7.08. The summed E-state index contributed by atoms with van der Waals surface area (Å²) >= 11 is 1.41. The van der Waals surface area contributed by atoms with Crippen molar-refractivity contribution < 1.29 is 0 Å². The van der Waals surface area contributed by atoms with Crippen LogP contribution in [-0.4, -0.2) is 10.9 Å². The second-order valence-electron chi connectivity index (χ2n) is 5.09. The maximum atomic E-state index is 9.04. The number of nitriles is 1. The van der Waals surface area contributed by atoms with E-state index in [9.17, 15) is 0 Å². The second kappa shape index (κ2) is 5.50. The predicted octanol–water partition coefficient (Wildman–Crippen LogP) is 3.56. The monoisotopic (exact) mass is 249 g/mol. The molecule has 0 saturated heterocycles. The lowest BCUT2D eigenvalue weighted by Crippen LogP contribution is -2.20. The van der Waals surface area contributed by atoms with Crippen molar-refractivity contribution in [3.05, 3.63) is 11.3 Å². The topological polar surface area (TPSA) is 48.7 Å². The fraction of sp³-hybridized carbons (Fsp3) is 0.692. The third kappa shape index (κ3) is 2.98. The summed E-state index contributed by atoms with van der Waals surface area (Å²) in [6.45, 7) is 5.22. The molecule has 92 valence electrons. The fourth-order valence-corrected chi connectivity index (χ4v) is 3.14. The molecule has 1 fully saturated rings. The maximum absolute atomic E-state index is 9.04. The Balaban J connectivity index is 1.88. The minimum absolute atomic E-state index is 0.721. The quantitative estimate of drug-likeness (QED) is 0.891. The highest BCUT2D eigenvalue weighted by molar-refractivity contribution is 7.10. The van der Waals surface area contributed by atoms with Gasteiger partial charge in [-0.1, -0.05) is 19.8 Å². The maximum Gasteiger partial charge on any atom is 0.127 e. The van der Waals surface area contributed by atoms with E-state index >= 15 is 0 Å². The molecule has 0 aliphatic heterocycles. The van der Waals surface area contributed by atoms with E-state index in [0.29, 0.717) is 0 Å².